The Morgan fingerprint density at radius 3 is 2.61 bits per heavy atom. The number of piperidine rings is 1. The summed E-state index contributed by atoms with van der Waals surface area (Å²) in [7, 11) is 0. The number of benzene rings is 1. The molecule has 2 aromatic rings. The van der Waals surface area contributed by atoms with E-state index in [9.17, 15) is 0 Å². The predicted molar refractivity (Wildman–Crippen MR) is 73.5 cm³/mol. The van der Waals surface area contributed by atoms with E-state index in [-0.39, 0.29) is 0 Å². The van der Waals surface area contributed by atoms with Gasteiger partial charge in [-0.05, 0) is 32.9 Å². The highest BCUT2D eigenvalue weighted by molar-refractivity contribution is 5.58. The van der Waals surface area contributed by atoms with Crippen LogP contribution in [0.3, 0.4) is 0 Å². The van der Waals surface area contributed by atoms with Crippen molar-refractivity contribution < 1.29 is 0 Å². The van der Waals surface area contributed by atoms with Crippen molar-refractivity contribution >= 4 is 0 Å². The highest BCUT2D eigenvalue weighted by Gasteiger charge is 2.15. The van der Waals surface area contributed by atoms with Gasteiger partial charge in [0.2, 0.25) is 0 Å². The molecule has 0 spiro atoms. The molecule has 1 aromatic heterocycles. The third-order valence-corrected chi connectivity index (χ3v) is 3.68. The molecule has 0 saturated carbocycles. The molecule has 3 nitrogen and oxygen atoms in total. The molecule has 1 aliphatic rings. The van der Waals surface area contributed by atoms with Crippen LogP contribution in [0.5, 0.6) is 0 Å². The Morgan fingerprint density at radius 1 is 1.17 bits per heavy atom. The fourth-order valence-electron chi connectivity index (χ4n) is 2.51. The van der Waals surface area contributed by atoms with Gasteiger partial charge < -0.3 is 9.88 Å². The Labute approximate surface area is 108 Å². The largest absolute Gasteiger partial charge is 0.334 e. The molecule has 1 N–H and O–H groups in total. The monoisotopic (exact) mass is 241 g/mol. The number of nitrogens with one attached hydrogen (secondary N) is 1. The van der Waals surface area contributed by atoms with Gasteiger partial charge in [0.1, 0.15) is 0 Å². The number of nitrogens with zero attached hydrogens (tertiary/aromatic N) is 2. The smallest absolute Gasteiger partial charge is 0.0956 e. The molecule has 18 heavy (non-hydrogen) atoms. The molecule has 0 atom stereocenters. The van der Waals surface area contributed by atoms with Crippen molar-refractivity contribution in [1.29, 1.82) is 0 Å². The van der Waals surface area contributed by atoms with Crippen LogP contribution < -0.4 is 5.32 Å². The van der Waals surface area contributed by atoms with E-state index in [0.29, 0.717) is 6.04 Å². The van der Waals surface area contributed by atoms with Gasteiger partial charge in [0.15, 0.2) is 0 Å². The first-order valence-corrected chi connectivity index (χ1v) is 6.64. The van der Waals surface area contributed by atoms with Crippen molar-refractivity contribution in [3.8, 4) is 11.3 Å². The summed E-state index contributed by atoms with van der Waals surface area (Å²) in [5.74, 6) is 0. The zero-order valence-corrected chi connectivity index (χ0v) is 10.8. The number of imidazole rings is 1. The van der Waals surface area contributed by atoms with Crippen LogP contribution in [0.2, 0.25) is 0 Å². The first kappa shape index (κ1) is 11.5. The molecule has 0 radical (unpaired) electrons. The van der Waals surface area contributed by atoms with Crippen LogP contribution in [0.15, 0.2) is 36.8 Å². The summed E-state index contributed by atoms with van der Waals surface area (Å²) < 4.78 is 2.27. The summed E-state index contributed by atoms with van der Waals surface area (Å²) in [6, 6.07) is 9.17. The number of hydrogen-bond acceptors (Lipinski definition) is 2. The Bertz CT molecular complexity index is 507. The third-order valence-electron chi connectivity index (χ3n) is 3.68. The van der Waals surface area contributed by atoms with Crippen molar-refractivity contribution in [2.75, 3.05) is 13.1 Å². The lowest BCUT2D eigenvalue weighted by Crippen LogP contribution is -2.28. The summed E-state index contributed by atoms with van der Waals surface area (Å²) in [6.07, 6.45) is 6.55. The topological polar surface area (TPSA) is 29.9 Å². The summed E-state index contributed by atoms with van der Waals surface area (Å²) in [5, 5.41) is 3.40. The van der Waals surface area contributed by atoms with E-state index >= 15 is 0 Å². The summed E-state index contributed by atoms with van der Waals surface area (Å²) >= 11 is 0. The highest BCUT2D eigenvalue weighted by Crippen LogP contribution is 2.23. The molecule has 1 saturated heterocycles. The van der Waals surface area contributed by atoms with Crippen LogP contribution >= 0.6 is 0 Å². The van der Waals surface area contributed by atoms with E-state index < -0.39 is 0 Å². The van der Waals surface area contributed by atoms with E-state index in [1.807, 2.05) is 6.33 Å². The Kier molecular flexibility index (Phi) is 3.15. The quantitative estimate of drug-likeness (QED) is 0.876. The minimum atomic E-state index is 0.609. The van der Waals surface area contributed by atoms with Crippen LogP contribution in [-0.2, 0) is 0 Å². The number of hydrogen-bond donors (Lipinski definition) is 1. The summed E-state index contributed by atoms with van der Waals surface area (Å²) in [4.78, 5) is 4.53. The lowest BCUT2D eigenvalue weighted by Gasteiger charge is -2.23. The molecule has 1 aliphatic heterocycles. The Balaban J connectivity index is 1.82. The van der Waals surface area contributed by atoms with Crippen LogP contribution in [0.1, 0.15) is 24.4 Å². The molecule has 94 valence electrons. The molecule has 0 unspecified atom stereocenters. The van der Waals surface area contributed by atoms with Gasteiger partial charge in [0.05, 0.1) is 12.0 Å². The predicted octanol–water partition coefficient (Wildman–Crippen LogP) is 2.78. The average molecular weight is 241 g/mol. The minimum absolute atomic E-state index is 0.609. The van der Waals surface area contributed by atoms with Gasteiger partial charge in [0, 0.05) is 17.8 Å². The van der Waals surface area contributed by atoms with Crippen molar-refractivity contribution in [3.63, 3.8) is 0 Å². The lowest BCUT2D eigenvalue weighted by molar-refractivity contribution is 0.368. The molecule has 0 amide bonds. The Morgan fingerprint density at radius 2 is 1.89 bits per heavy atom. The minimum Gasteiger partial charge on any atom is -0.334 e. The molecular formula is C15H19N3. The lowest BCUT2D eigenvalue weighted by atomic mass is 10.1. The second-order valence-corrected chi connectivity index (χ2v) is 5.05. The molecule has 0 bridgehead atoms. The summed E-state index contributed by atoms with van der Waals surface area (Å²) in [5.41, 5.74) is 3.57. The van der Waals surface area contributed by atoms with Crippen LogP contribution in [0.25, 0.3) is 11.3 Å². The highest BCUT2D eigenvalue weighted by atomic mass is 15.1. The van der Waals surface area contributed by atoms with E-state index in [4.69, 9.17) is 0 Å². The van der Waals surface area contributed by atoms with Gasteiger partial charge >= 0.3 is 0 Å². The zero-order chi connectivity index (χ0) is 12.4. The second-order valence-electron chi connectivity index (χ2n) is 5.05. The molecule has 0 aliphatic carbocycles. The standard InChI is InChI=1S/C15H19N3/c1-12-2-4-13(5-3-12)15-10-18(11-17-15)14-6-8-16-9-7-14/h2-5,10-11,14,16H,6-9H2,1H3. The number of rotatable bonds is 2. The van der Waals surface area contributed by atoms with Crippen LogP contribution in [0, 0.1) is 6.92 Å². The van der Waals surface area contributed by atoms with Crippen molar-refractivity contribution in [3.05, 3.63) is 42.4 Å². The SMILES string of the molecule is Cc1ccc(-c2cn(C3CCNCC3)cn2)cc1. The van der Waals surface area contributed by atoms with Gasteiger partial charge in [-0.15, -0.1) is 0 Å². The maximum Gasteiger partial charge on any atom is 0.0956 e. The van der Waals surface area contributed by atoms with Crippen LogP contribution in [-0.4, -0.2) is 22.6 Å². The Hall–Kier alpha value is -1.61. The van der Waals surface area contributed by atoms with E-state index in [1.54, 1.807) is 0 Å². The fraction of sp³-hybridized carbons (Fsp3) is 0.400. The van der Waals surface area contributed by atoms with E-state index in [1.165, 1.54) is 24.0 Å². The first-order valence-electron chi connectivity index (χ1n) is 6.64. The van der Waals surface area contributed by atoms with Crippen molar-refractivity contribution in [2.45, 2.75) is 25.8 Å². The molecule has 1 aromatic carbocycles. The van der Waals surface area contributed by atoms with Gasteiger partial charge in [-0.25, -0.2) is 4.98 Å². The maximum absolute atomic E-state index is 4.53. The summed E-state index contributed by atoms with van der Waals surface area (Å²) in [6.45, 7) is 4.34. The third kappa shape index (κ3) is 2.31. The maximum atomic E-state index is 4.53. The fourth-order valence-corrected chi connectivity index (χ4v) is 2.51. The van der Waals surface area contributed by atoms with Crippen LogP contribution in [0.4, 0.5) is 0 Å². The van der Waals surface area contributed by atoms with Gasteiger partial charge in [-0.1, -0.05) is 29.8 Å². The molecule has 2 heterocycles. The average Bonchev–Trinajstić information content (AvgIpc) is 2.90. The molecule has 3 rings (SSSR count). The normalized spacial score (nSPS) is 16.9. The van der Waals surface area contributed by atoms with Crippen molar-refractivity contribution in [1.82, 2.24) is 14.9 Å². The van der Waals surface area contributed by atoms with Gasteiger partial charge in [0.25, 0.3) is 0 Å². The molecular weight excluding hydrogens is 222 g/mol. The van der Waals surface area contributed by atoms with E-state index in [2.05, 4.69) is 52.3 Å². The molecule has 1 fully saturated rings. The van der Waals surface area contributed by atoms with Gasteiger partial charge in [-0.3, -0.25) is 0 Å². The second kappa shape index (κ2) is 4.94. The number of aromatic nitrogens is 2. The van der Waals surface area contributed by atoms with Gasteiger partial charge in [-0.2, -0.15) is 0 Å². The number of aryl methyl sites for hydroxylation is 1. The first-order chi connectivity index (χ1) is 8.83. The zero-order valence-electron chi connectivity index (χ0n) is 10.8. The molecule has 3 heteroatoms. The van der Waals surface area contributed by atoms with Crippen molar-refractivity contribution in [2.24, 2.45) is 0 Å². The van der Waals surface area contributed by atoms with E-state index in [0.717, 1.165) is 18.8 Å².